The molecule has 12 heteroatoms. The monoisotopic (exact) mass is 580 g/mol. The van der Waals surface area contributed by atoms with E-state index in [0.717, 1.165) is 6.08 Å². The zero-order valence-corrected chi connectivity index (χ0v) is 23.2. The topological polar surface area (TPSA) is 182 Å². The Morgan fingerprint density at radius 1 is 1.10 bits per heavy atom. The molecule has 5 N–H and O–H groups in total. The van der Waals surface area contributed by atoms with Gasteiger partial charge in [-0.3, -0.25) is 14.6 Å². The lowest BCUT2D eigenvalue weighted by molar-refractivity contribution is -0.151. The van der Waals surface area contributed by atoms with Gasteiger partial charge in [-0.25, -0.2) is 19.0 Å². The van der Waals surface area contributed by atoms with Crippen LogP contribution in [0.5, 0.6) is 0 Å². The molecule has 1 aromatic heterocycles. The van der Waals surface area contributed by atoms with Gasteiger partial charge >= 0.3 is 11.9 Å². The number of hydrogen-bond donors (Lipinski definition) is 4. The molecule has 2 amide bonds. The normalized spacial score (nSPS) is 13.8. The van der Waals surface area contributed by atoms with Gasteiger partial charge in [0.15, 0.2) is 0 Å². The minimum absolute atomic E-state index is 0.0112. The molecule has 0 bridgehead atoms. The molecule has 3 aromatic rings. The van der Waals surface area contributed by atoms with Crippen molar-refractivity contribution in [2.75, 3.05) is 0 Å². The summed E-state index contributed by atoms with van der Waals surface area (Å²) in [5.74, 6) is -4.87. The highest BCUT2D eigenvalue weighted by molar-refractivity contribution is 5.94. The SMILES string of the molecule is CC(C)(CCC(CC(O)C(Cc1cccc(F)c1)NC(=O)c1cnc2ccccc2n1)C(N)=O)OC(=O)/C=C/C(=O)O. The number of halogens is 1. The summed E-state index contributed by atoms with van der Waals surface area (Å²) in [6.07, 6.45) is 1.62. The van der Waals surface area contributed by atoms with E-state index < -0.39 is 53.2 Å². The Morgan fingerprint density at radius 2 is 1.81 bits per heavy atom. The summed E-state index contributed by atoms with van der Waals surface area (Å²) in [7, 11) is 0. The summed E-state index contributed by atoms with van der Waals surface area (Å²) in [6.45, 7) is 3.18. The molecule has 222 valence electrons. The van der Waals surface area contributed by atoms with E-state index in [9.17, 15) is 28.7 Å². The van der Waals surface area contributed by atoms with Gasteiger partial charge in [0.05, 0.1) is 29.4 Å². The number of benzene rings is 2. The number of aliphatic hydroxyl groups excluding tert-OH is 1. The maximum absolute atomic E-state index is 13.9. The Labute approximate surface area is 241 Å². The molecule has 3 unspecified atom stereocenters. The largest absolute Gasteiger partial charge is 0.478 e. The van der Waals surface area contributed by atoms with Crippen molar-refractivity contribution >= 4 is 34.8 Å². The average molecular weight is 581 g/mol. The number of hydrogen-bond acceptors (Lipinski definition) is 8. The standard InChI is InChI=1S/C30H33FN4O7/c1-30(2,42-27(39)11-10-26(37)38)13-12-19(28(32)40)16-25(36)23(15-18-6-5-7-20(31)14-18)35-29(41)24-17-33-21-8-3-4-9-22(21)34-24/h3-11,14,17,19,23,25,36H,12-13,15-16H2,1-2H3,(H2,32,40)(H,35,41)(H,37,38)/b11-10+. The molecule has 1 heterocycles. The summed E-state index contributed by atoms with van der Waals surface area (Å²) in [5, 5.41) is 22.6. The van der Waals surface area contributed by atoms with Crippen LogP contribution in [0.3, 0.4) is 0 Å². The van der Waals surface area contributed by atoms with Gasteiger partial charge in [0.25, 0.3) is 5.91 Å². The van der Waals surface area contributed by atoms with E-state index in [-0.39, 0.29) is 31.4 Å². The Bertz CT molecular complexity index is 1480. The number of esters is 1. The smallest absolute Gasteiger partial charge is 0.331 e. The van der Waals surface area contributed by atoms with Crippen LogP contribution in [-0.2, 0) is 25.5 Å². The molecule has 0 aliphatic carbocycles. The highest BCUT2D eigenvalue weighted by atomic mass is 19.1. The maximum Gasteiger partial charge on any atom is 0.331 e. The number of carboxylic acids is 1. The molecule has 3 rings (SSSR count). The Balaban J connectivity index is 1.75. The number of primary amides is 1. The number of aliphatic carboxylic acids is 1. The first-order valence-corrected chi connectivity index (χ1v) is 13.2. The molecule has 0 saturated heterocycles. The third kappa shape index (κ3) is 9.73. The molecule has 0 saturated carbocycles. The van der Waals surface area contributed by atoms with Gasteiger partial charge in [-0.15, -0.1) is 0 Å². The van der Waals surface area contributed by atoms with E-state index in [2.05, 4.69) is 15.3 Å². The molecule has 0 aliphatic heterocycles. The van der Waals surface area contributed by atoms with E-state index in [1.165, 1.54) is 24.4 Å². The second kappa shape index (κ2) is 14.3. The third-order valence-electron chi connectivity index (χ3n) is 6.57. The molecular weight excluding hydrogens is 547 g/mol. The highest BCUT2D eigenvalue weighted by Gasteiger charge is 2.31. The summed E-state index contributed by atoms with van der Waals surface area (Å²) in [5.41, 5.74) is 6.16. The van der Waals surface area contributed by atoms with Crippen molar-refractivity contribution in [2.45, 2.75) is 57.3 Å². The van der Waals surface area contributed by atoms with Gasteiger partial charge in [0, 0.05) is 18.1 Å². The highest BCUT2D eigenvalue weighted by Crippen LogP contribution is 2.25. The maximum atomic E-state index is 13.9. The number of carbonyl (C=O) groups is 4. The zero-order chi connectivity index (χ0) is 30.9. The molecule has 3 atom stereocenters. The van der Waals surface area contributed by atoms with Crippen LogP contribution in [0.1, 0.15) is 49.2 Å². The van der Waals surface area contributed by atoms with Crippen LogP contribution in [0.2, 0.25) is 0 Å². The van der Waals surface area contributed by atoms with Crippen molar-refractivity contribution in [1.82, 2.24) is 15.3 Å². The second-order valence-electron chi connectivity index (χ2n) is 10.5. The van der Waals surface area contributed by atoms with E-state index in [1.807, 2.05) is 0 Å². The number of nitrogens with two attached hydrogens (primary N) is 1. The number of carbonyl (C=O) groups excluding carboxylic acids is 3. The molecule has 11 nitrogen and oxygen atoms in total. The van der Waals surface area contributed by atoms with Gasteiger partial charge in [-0.2, -0.15) is 0 Å². The summed E-state index contributed by atoms with van der Waals surface area (Å²) in [4.78, 5) is 56.6. The van der Waals surface area contributed by atoms with Crippen LogP contribution in [-0.4, -0.2) is 61.7 Å². The van der Waals surface area contributed by atoms with E-state index in [4.69, 9.17) is 15.6 Å². The van der Waals surface area contributed by atoms with Gasteiger partial charge in [-0.1, -0.05) is 24.3 Å². The second-order valence-corrected chi connectivity index (χ2v) is 10.5. The minimum atomic E-state index is -1.31. The van der Waals surface area contributed by atoms with Crippen molar-refractivity contribution in [3.63, 3.8) is 0 Å². The first-order chi connectivity index (χ1) is 19.8. The fourth-order valence-corrected chi connectivity index (χ4v) is 4.36. The van der Waals surface area contributed by atoms with Crippen molar-refractivity contribution in [3.8, 4) is 0 Å². The predicted molar refractivity (Wildman–Crippen MR) is 150 cm³/mol. The number of para-hydroxylation sites is 2. The number of carboxylic acid groups (broad SMARTS) is 1. The lowest BCUT2D eigenvalue weighted by atomic mass is 9.87. The van der Waals surface area contributed by atoms with E-state index in [0.29, 0.717) is 22.7 Å². The van der Waals surface area contributed by atoms with Gasteiger partial charge in [-0.05, 0) is 69.4 Å². The number of nitrogens with one attached hydrogen (secondary N) is 1. The first-order valence-electron chi connectivity index (χ1n) is 13.2. The Morgan fingerprint density at radius 3 is 2.48 bits per heavy atom. The lowest BCUT2D eigenvalue weighted by Gasteiger charge is -2.29. The van der Waals surface area contributed by atoms with Crippen LogP contribution < -0.4 is 11.1 Å². The number of amides is 2. The molecule has 0 spiro atoms. The number of nitrogens with zero attached hydrogens (tertiary/aromatic N) is 2. The lowest BCUT2D eigenvalue weighted by Crippen LogP contribution is -2.46. The van der Waals surface area contributed by atoms with Crippen LogP contribution in [0, 0.1) is 11.7 Å². The average Bonchev–Trinajstić information content (AvgIpc) is 2.93. The fourth-order valence-electron chi connectivity index (χ4n) is 4.36. The molecule has 2 aromatic carbocycles. The fraction of sp³-hybridized carbons (Fsp3) is 0.333. The third-order valence-corrected chi connectivity index (χ3v) is 6.57. The number of ether oxygens (including phenoxy) is 1. The summed E-state index contributed by atoms with van der Waals surface area (Å²) in [6, 6.07) is 11.7. The van der Waals surface area contributed by atoms with Gasteiger partial charge < -0.3 is 26.0 Å². The molecular formula is C30H33FN4O7. The van der Waals surface area contributed by atoms with Crippen molar-refractivity contribution in [1.29, 1.82) is 0 Å². The molecule has 42 heavy (non-hydrogen) atoms. The van der Waals surface area contributed by atoms with Crippen LogP contribution >= 0.6 is 0 Å². The number of aromatic nitrogens is 2. The van der Waals surface area contributed by atoms with E-state index >= 15 is 0 Å². The Kier molecular flexibility index (Phi) is 10.8. The van der Waals surface area contributed by atoms with Crippen LogP contribution in [0.25, 0.3) is 11.0 Å². The molecule has 0 aliphatic rings. The van der Waals surface area contributed by atoms with E-state index in [1.54, 1.807) is 44.2 Å². The minimum Gasteiger partial charge on any atom is -0.478 e. The summed E-state index contributed by atoms with van der Waals surface area (Å²) >= 11 is 0. The number of fused-ring (bicyclic) bond motifs is 1. The zero-order valence-electron chi connectivity index (χ0n) is 23.2. The Hall–Kier alpha value is -4.71. The molecule has 0 radical (unpaired) electrons. The van der Waals surface area contributed by atoms with Crippen LogP contribution in [0.4, 0.5) is 4.39 Å². The van der Waals surface area contributed by atoms with Crippen molar-refractivity contribution in [2.24, 2.45) is 11.7 Å². The number of rotatable bonds is 14. The van der Waals surface area contributed by atoms with Crippen molar-refractivity contribution in [3.05, 3.63) is 84.0 Å². The quantitative estimate of drug-likeness (QED) is 0.165. The van der Waals surface area contributed by atoms with Crippen LogP contribution in [0.15, 0.2) is 66.9 Å². The van der Waals surface area contributed by atoms with Gasteiger partial charge in [0.1, 0.15) is 17.1 Å². The predicted octanol–water partition coefficient (Wildman–Crippen LogP) is 2.71. The van der Waals surface area contributed by atoms with Crippen molar-refractivity contribution < 1.29 is 38.5 Å². The summed E-state index contributed by atoms with van der Waals surface area (Å²) < 4.78 is 19.2. The van der Waals surface area contributed by atoms with Gasteiger partial charge in [0.2, 0.25) is 5.91 Å². The first kappa shape index (κ1) is 31.8. The molecule has 0 fully saturated rings. The number of aliphatic hydroxyl groups is 1.